The Balaban J connectivity index is 2.85. The minimum atomic E-state index is -2.68. The summed E-state index contributed by atoms with van der Waals surface area (Å²) in [7, 11) is -5.18. The largest absolute Gasteiger partial charge is 0.349 e. The van der Waals surface area contributed by atoms with Gasteiger partial charge in [-0.2, -0.15) is 0 Å². The Morgan fingerprint density at radius 2 is 2.36 bits per heavy atom. The Hall–Kier alpha value is -0.630. The van der Waals surface area contributed by atoms with Crippen LogP contribution in [0.1, 0.15) is 0 Å². The number of urea groups is 1. The van der Waals surface area contributed by atoms with E-state index in [-0.39, 0.29) is 11.5 Å². The number of nitrogens with one attached hydrogen (secondary N) is 2. The molecule has 6 nitrogen and oxygen atoms in total. The lowest BCUT2D eigenvalue weighted by molar-refractivity contribution is 0.247. The van der Waals surface area contributed by atoms with Crippen molar-refractivity contribution in [2.45, 2.75) is 6.04 Å². The van der Waals surface area contributed by atoms with Gasteiger partial charge in [0.25, 0.3) is 0 Å². The van der Waals surface area contributed by atoms with Gasteiger partial charge in [0.1, 0.15) is 0 Å². The molecule has 0 spiro atoms. The van der Waals surface area contributed by atoms with Crippen molar-refractivity contribution in [3.8, 4) is 0 Å². The molecule has 8 heteroatoms. The first-order valence-electron chi connectivity index (χ1n) is 3.90. The van der Waals surface area contributed by atoms with Crippen molar-refractivity contribution in [1.29, 1.82) is 4.78 Å². The van der Waals surface area contributed by atoms with Gasteiger partial charge in [-0.25, -0.2) is 9.00 Å². The average molecular weight is 239 g/mol. The van der Waals surface area contributed by atoms with Gasteiger partial charge in [-0.3, -0.25) is 8.99 Å². The van der Waals surface area contributed by atoms with Gasteiger partial charge in [0.05, 0.1) is 27.3 Å². The highest BCUT2D eigenvalue weighted by atomic mass is 32.2. The molecule has 0 aromatic heterocycles. The Bertz CT molecular complexity index is 459. The highest BCUT2D eigenvalue weighted by Crippen LogP contribution is 2.05. The Morgan fingerprint density at radius 3 is 2.79 bits per heavy atom. The summed E-state index contributed by atoms with van der Waals surface area (Å²) in [4.78, 5) is 11.0. The van der Waals surface area contributed by atoms with E-state index in [1.54, 1.807) is 0 Å². The van der Waals surface area contributed by atoms with E-state index in [0.717, 1.165) is 0 Å². The van der Waals surface area contributed by atoms with Gasteiger partial charge in [0.2, 0.25) is 0 Å². The third-order valence-electron chi connectivity index (χ3n) is 1.63. The smallest absolute Gasteiger partial charge is 0.331 e. The zero-order chi connectivity index (χ0) is 11.0. The fourth-order valence-electron chi connectivity index (χ4n) is 1.30. The lowest BCUT2D eigenvalue weighted by atomic mass is 10.4. The first-order chi connectivity index (χ1) is 6.18. The van der Waals surface area contributed by atoms with Gasteiger partial charge in [0, 0.05) is 22.2 Å². The molecule has 82 valence electrons. The number of carbonyl (C=O) groups is 1. The second-order valence-corrected chi connectivity index (χ2v) is 8.31. The predicted octanol–water partition coefficient (Wildman–Crippen LogP) is -0.147. The first-order valence-corrected chi connectivity index (χ1v) is 8.12. The maximum absolute atomic E-state index is 11.5. The van der Waals surface area contributed by atoms with Crippen molar-refractivity contribution in [3.63, 3.8) is 0 Å². The predicted molar refractivity (Wildman–Crippen MR) is 55.3 cm³/mol. The molecule has 1 aliphatic rings. The lowest BCUT2D eigenvalue weighted by Crippen LogP contribution is -2.46. The summed E-state index contributed by atoms with van der Waals surface area (Å²) in [6.45, 7) is 0. The molecule has 0 bridgehead atoms. The van der Waals surface area contributed by atoms with Crippen LogP contribution in [0.5, 0.6) is 0 Å². The summed E-state index contributed by atoms with van der Waals surface area (Å²) in [6.07, 6.45) is 2.68. The molecule has 1 heterocycles. The van der Waals surface area contributed by atoms with Crippen molar-refractivity contribution < 1.29 is 13.2 Å². The van der Waals surface area contributed by atoms with Crippen molar-refractivity contribution in [2.24, 2.45) is 4.36 Å². The quantitative estimate of drug-likeness (QED) is 0.701. The van der Waals surface area contributed by atoms with Crippen molar-refractivity contribution in [2.75, 3.05) is 24.0 Å². The molecular formula is C6H13N3O3S2. The van der Waals surface area contributed by atoms with Gasteiger partial charge in [-0.15, -0.1) is 4.36 Å². The second kappa shape index (κ2) is 3.50. The van der Waals surface area contributed by atoms with Crippen LogP contribution in [0, 0.1) is 4.78 Å². The molecule has 0 fully saturated rings. The van der Waals surface area contributed by atoms with Crippen LogP contribution in [0.4, 0.5) is 4.79 Å². The fourth-order valence-corrected chi connectivity index (χ4v) is 3.85. The average Bonchev–Trinajstić information content (AvgIpc) is 1.74. The minimum absolute atomic E-state index is 0.0269. The van der Waals surface area contributed by atoms with Crippen LogP contribution >= 0.6 is 0 Å². The molecule has 3 atom stereocenters. The number of amides is 2. The minimum Gasteiger partial charge on any atom is -0.331 e. The summed E-state index contributed by atoms with van der Waals surface area (Å²) < 4.78 is 33.3. The number of rotatable bonds is 2. The molecule has 1 aliphatic heterocycles. The topological polar surface area (TPSA) is 99.4 Å². The Labute approximate surface area is 83.6 Å². The zero-order valence-electron chi connectivity index (χ0n) is 7.98. The van der Waals surface area contributed by atoms with E-state index in [0.29, 0.717) is 0 Å². The molecule has 1 rings (SSSR count). The van der Waals surface area contributed by atoms with Gasteiger partial charge in [0.15, 0.2) is 0 Å². The zero-order valence-corrected chi connectivity index (χ0v) is 9.61. The molecule has 2 amide bonds. The number of hydrogen-bond acceptors (Lipinski definition) is 4. The molecule has 0 saturated carbocycles. The fraction of sp³-hybridized carbons (Fsp3) is 0.833. The summed E-state index contributed by atoms with van der Waals surface area (Å²) in [6, 6.07) is -1.11. The van der Waals surface area contributed by atoms with Crippen molar-refractivity contribution in [1.82, 2.24) is 5.32 Å². The third kappa shape index (κ3) is 3.62. The van der Waals surface area contributed by atoms with Crippen LogP contribution in [-0.2, 0) is 19.5 Å². The van der Waals surface area contributed by atoms with E-state index < -0.39 is 31.5 Å². The van der Waals surface area contributed by atoms with Crippen LogP contribution < -0.4 is 5.32 Å². The molecule has 0 aromatic rings. The molecular weight excluding hydrogens is 226 g/mol. The van der Waals surface area contributed by atoms with E-state index in [4.69, 9.17) is 4.78 Å². The third-order valence-corrected chi connectivity index (χ3v) is 4.24. The molecule has 0 radical (unpaired) electrons. The van der Waals surface area contributed by atoms with Gasteiger partial charge in [-0.1, -0.05) is 0 Å². The maximum atomic E-state index is 11.5. The van der Waals surface area contributed by atoms with E-state index in [1.807, 2.05) is 0 Å². The van der Waals surface area contributed by atoms with Gasteiger partial charge < -0.3 is 5.32 Å². The Kier molecular flexibility index (Phi) is 2.86. The molecule has 0 aliphatic carbocycles. The van der Waals surface area contributed by atoms with Gasteiger partial charge >= 0.3 is 6.03 Å². The van der Waals surface area contributed by atoms with E-state index in [2.05, 4.69) is 9.68 Å². The standard InChI is InChI=1S/C6H13N3O3S2/c1-13(7,11)3-5-4-14(2,12)9-6(10)8-5/h5,7H,3-4H2,1-2H3,(H,8,10). The van der Waals surface area contributed by atoms with Crippen LogP contribution in [-0.4, -0.2) is 44.5 Å². The summed E-state index contributed by atoms with van der Waals surface area (Å²) in [5.41, 5.74) is 0. The monoisotopic (exact) mass is 239 g/mol. The van der Waals surface area contributed by atoms with Gasteiger partial charge in [-0.05, 0) is 0 Å². The maximum Gasteiger partial charge on any atom is 0.349 e. The molecule has 0 saturated heterocycles. The molecule has 3 unspecified atom stereocenters. The summed E-state index contributed by atoms with van der Waals surface area (Å²) in [5, 5.41) is 2.44. The van der Waals surface area contributed by atoms with Crippen LogP contribution in [0.3, 0.4) is 0 Å². The normalized spacial score (nSPS) is 36.7. The number of carbonyl (C=O) groups excluding carboxylic acids is 1. The summed E-state index contributed by atoms with van der Waals surface area (Å²) >= 11 is 0. The van der Waals surface area contributed by atoms with E-state index in [9.17, 15) is 13.2 Å². The molecule has 2 N–H and O–H groups in total. The van der Waals surface area contributed by atoms with E-state index in [1.165, 1.54) is 12.5 Å². The Morgan fingerprint density at radius 1 is 1.79 bits per heavy atom. The number of hydrogen-bond donors (Lipinski definition) is 2. The van der Waals surface area contributed by atoms with Crippen LogP contribution in [0.25, 0.3) is 0 Å². The highest BCUT2D eigenvalue weighted by molar-refractivity contribution is 7.93. The van der Waals surface area contributed by atoms with Crippen molar-refractivity contribution in [3.05, 3.63) is 0 Å². The SMILES string of the molecule is CS(=N)(=O)CC1CS(C)(=O)=NC(=O)N1. The highest BCUT2D eigenvalue weighted by Gasteiger charge is 2.24. The lowest BCUT2D eigenvalue weighted by Gasteiger charge is -2.22. The molecule has 14 heavy (non-hydrogen) atoms. The first kappa shape index (κ1) is 11.4. The second-order valence-electron chi connectivity index (χ2n) is 3.54. The van der Waals surface area contributed by atoms with Crippen molar-refractivity contribution >= 4 is 25.5 Å². The number of nitrogens with zero attached hydrogens (tertiary/aromatic N) is 1. The van der Waals surface area contributed by atoms with Crippen LogP contribution in [0.15, 0.2) is 4.36 Å². The molecule has 0 aromatic carbocycles. The summed E-state index contributed by atoms with van der Waals surface area (Å²) in [5.74, 6) is 0.196. The van der Waals surface area contributed by atoms with E-state index >= 15 is 0 Å². The van der Waals surface area contributed by atoms with Crippen LogP contribution in [0.2, 0.25) is 0 Å².